The van der Waals surface area contributed by atoms with Crippen LogP contribution in [0.5, 0.6) is 0 Å². The summed E-state index contributed by atoms with van der Waals surface area (Å²) in [5, 5.41) is 6.44. The molecule has 5 rings (SSSR count). The van der Waals surface area contributed by atoms with E-state index in [9.17, 15) is 4.79 Å². The summed E-state index contributed by atoms with van der Waals surface area (Å²) in [6.07, 6.45) is 0. The zero-order valence-electron chi connectivity index (χ0n) is 15.8. The molecule has 0 atom stereocenters. The molecule has 3 nitrogen and oxygen atoms in total. The molecule has 1 aliphatic carbocycles. The molecule has 0 saturated carbocycles. The zero-order valence-corrected chi connectivity index (χ0v) is 15.8. The lowest BCUT2D eigenvalue weighted by Gasteiger charge is -2.14. The number of para-hydroxylation sites is 1. The second-order valence-electron chi connectivity index (χ2n) is 7.17. The molecule has 3 heteroatoms. The highest BCUT2D eigenvalue weighted by Gasteiger charge is 2.33. The molecule has 0 aliphatic heterocycles. The molecular formula is C26H20N2O. The summed E-state index contributed by atoms with van der Waals surface area (Å²) in [5.41, 5.74) is 7.21. The van der Waals surface area contributed by atoms with Gasteiger partial charge in [-0.1, -0.05) is 66.7 Å². The van der Waals surface area contributed by atoms with Gasteiger partial charge in [0, 0.05) is 17.1 Å². The average molecular weight is 376 g/mol. The second-order valence-corrected chi connectivity index (χ2v) is 7.17. The number of nitrogens with one attached hydrogen (secondary N) is 2. The lowest BCUT2D eigenvalue weighted by Crippen LogP contribution is -2.20. The Morgan fingerprint density at radius 3 is 1.66 bits per heavy atom. The third-order valence-electron chi connectivity index (χ3n) is 5.31. The molecular weight excluding hydrogens is 356 g/mol. The van der Waals surface area contributed by atoms with E-state index in [2.05, 4.69) is 22.8 Å². The Labute approximate surface area is 170 Å². The van der Waals surface area contributed by atoms with Gasteiger partial charge in [-0.05, 0) is 58.7 Å². The standard InChI is InChI=1S/C26H20N2O/c29-26(25-23-12-6-4-10-21(23)22-11-5-7-13-24(22)25)28-20-16-14-19(15-17-20)27-18-8-2-1-3-9-18/h1-17,25,27H,(H,28,29). The maximum Gasteiger partial charge on any atom is 0.236 e. The van der Waals surface area contributed by atoms with Crippen LogP contribution in [-0.4, -0.2) is 5.91 Å². The molecule has 0 bridgehead atoms. The minimum absolute atomic E-state index is 0.00818. The molecule has 2 N–H and O–H groups in total. The van der Waals surface area contributed by atoms with E-state index in [1.165, 1.54) is 0 Å². The second kappa shape index (κ2) is 7.28. The highest BCUT2D eigenvalue weighted by molar-refractivity contribution is 6.03. The lowest BCUT2D eigenvalue weighted by atomic mass is 9.96. The molecule has 0 heterocycles. The predicted octanol–water partition coefficient (Wildman–Crippen LogP) is 6.18. The van der Waals surface area contributed by atoms with Crippen molar-refractivity contribution in [1.29, 1.82) is 0 Å². The van der Waals surface area contributed by atoms with Gasteiger partial charge in [-0.15, -0.1) is 0 Å². The fourth-order valence-corrected chi connectivity index (χ4v) is 3.98. The van der Waals surface area contributed by atoms with Gasteiger partial charge in [0.25, 0.3) is 0 Å². The van der Waals surface area contributed by atoms with Gasteiger partial charge in [-0.25, -0.2) is 0 Å². The fraction of sp³-hybridized carbons (Fsp3) is 0.0385. The van der Waals surface area contributed by atoms with Gasteiger partial charge >= 0.3 is 0 Å². The largest absolute Gasteiger partial charge is 0.356 e. The Hall–Kier alpha value is -3.85. The fourth-order valence-electron chi connectivity index (χ4n) is 3.98. The Morgan fingerprint density at radius 1 is 0.552 bits per heavy atom. The van der Waals surface area contributed by atoms with Crippen LogP contribution in [0.2, 0.25) is 0 Å². The molecule has 1 aliphatic rings. The highest BCUT2D eigenvalue weighted by atomic mass is 16.1. The van der Waals surface area contributed by atoms with Gasteiger partial charge in [0.1, 0.15) is 0 Å². The van der Waals surface area contributed by atoms with Gasteiger partial charge in [-0.3, -0.25) is 4.79 Å². The van der Waals surface area contributed by atoms with E-state index < -0.39 is 0 Å². The van der Waals surface area contributed by atoms with Gasteiger partial charge < -0.3 is 10.6 Å². The van der Waals surface area contributed by atoms with Crippen molar-refractivity contribution < 1.29 is 4.79 Å². The smallest absolute Gasteiger partial charge is 0.236 e. The van der Waals surface area contributed by atoms with Crippen LogP contribution >= 0.6 is 0 Å². The number of carbonyl (C=O) groups is 1. The summed E-state index contributed by atoms with van der Waals surface area (Å²) in [5.74, 6) is -0.296. The van der Waals surface area contributed by atoms with Crippen LogP contribution < -0.4 is 10.6 Å². The molecule has 4 aromatic carbocycles. The molecule has 29 heavy (non-hydrogen) atoms. The van der Waals surface area contributed by atoms with E-state index >= 15 is 0 Å². The van der Waals surface area contributed by atoms with Crippen molar-refractivity contribution in [1.82, 2.24) is 0 Å². The number of benzene rings is 4. The lowest BCUT2D eigenvalue weighted by molar-refractivity contribution is -0.116. The van der Waals surface area contributed by atoms with Crippen LogP contribution in [0, 0.1) is 0 Å². The Kier molecular flexibility index (Phi) is 4.34. The van der Waals surface area contributed by atoms with Crippen molar-refractivity contribution in [2.24, 2.45) is 0 Å². The third-order valence-corrected chi connectivity index (χ3v) is 5.31. The van der Waals surface area contributed by atoms with Crippen LogP contribution in [0.4, 0.5) is 17.1 Å². The number of fused-ring (bicyclic) bond motifs is 3. The molecule has 140 valence electrons. The third kappa shape index (κ3) is 3.27. The Balaban J connectivity index is 1.37. The summed E-state index contributed by atoms with van der Waals surface area (Å²) in [6, 6.07) is 34.1. The minimum atomic E-state index is -0.287. The Morgan fingerprint density at radius 2 is 1.03 bits per heavy atom. The minimum Gasteiger partial charge on any atom is -0.356 e. The maximum absolute atomic E-state index is 13.2. The molecule has 0 aromatic heterocycles. The molecule has 0 spiro atoms. The van der Waals surface area contributed by atoms with E-state index in [1.807, 2.05) is 91.0 Å². The van der Waals surface area contributed by atoms with E-state index in [1.54, 1.807) is 0 Å². The summed E-state index contributed by atoms with van der Waals surface area (Å²) in [4.78, 5) is 13.2. The molecule has 0 fully saturated rings. The van der Waals surface area contributed by atoms with Crippen molar-refractivity contribution in [3.05, 3.63) is 114 Å². The van der Waals surface area contributed by atoms with Gasteiger partial charge in [0.15, 0.2) is 0 Å². The first-order valence-corrected chi connectivity index (χ1v) is 9.71. The first kappa shape index (κ1) is 17.3. The first-order valence-electron chi connectivity index (χ1n) is 9.71. The summed E-state index contributed by atoms with van der Waals surface area (Å²) in [6.45, 7) is 0. The van der Waals surface area contributed by atoms with Gasteiger partial charge in [0.2, 0.25) is 5.91 Å². The number of hydrogen-bond acceptors (Lipinski definition) is 2. The average Bonchev–Trinajstić information content (AvgIpc) is 3.10. The highest BCUT2D eigenvalue weighted by Crippen LogP contribution is 2.44. The van der Waals surface area contributed by atoms with Gasteiger partial charge in [0.05, 0.1) is 5.92 Å². The van der Waals surface area contributed by atoms with Crippen molar-refractivity contribution in [3.63, 3.8) is 0 Å². The van der Waals surface area contributed by atoms with E-state index in [-0.39, 0.29) is 11.8 Å². The quantitative estimate of drug-likeness (QED) is 0.446. The van der Waals surface area contributed by atoms with Gasteiger partial charge in [-0.2, -0.15) is 0 Å². The van der Waals surface area contributed by atoms with E-state index in [0.29, 0.717) is 0 Å². The molecule has 1 amide bonds. The number of hydrogen-bond donors (Lipinski definition) is 2. The van der Waals surface area contributed by atoms with E-state index in [4.69, 9.17) is 0 Å². The van der Waals surface area contributed by atoms with Crippen molar-refractivity contribution in [2.45, 2.75) is 5.92 Å². The zero-order chi connectivity index (χ0) is 19.6. The number of anilines is 3. The summed E-state index contributed by atoms with van der Waals surface area (Å²) < 4.78 is 0. The van der Waals surface area contributed by atoms with Crippen LogP contribution in [0.15, 0.2) is 103 Å². The topological polar surface area (TPSA) is 41.1 Å². The summed E-state index contributed by atoms with van der Waals surface area (Å²) >= 11 is 0. The monoisotopic (exact) mass is 376 g/mol. The first-order chi connectivity index (χ1) is 14.3. The molecule has 4 aromatic rings. The normalized spacial score (nSPS) is 12.1. The SMILES string of the molecule is O=C(Nc1ccc(Nc2ccccc2)cc1)C1c2ccccc2-c2ccccc21. The van der Waals surface area contributed by atoms with Crippen molar-refractivity contribution in [2.75, 3.05) is 10.6 Å². The Bertz CT molecular complexity index is 1120. The van der Waals surface area contributed by atoms with Crippen LogP contribution in [0.25, 0.3) is 11.1 Å². The number of amides is 1. The van der Waals surface area contributed by atoms with Crippen LogP contribution in [-0.2, 0) is 4.79 Å². The predicted molar refractivity (Wildman–Crippen MR) is 119 cm³/mol. The van der Waals surface area contributed by atoms with E-state index in [0.717, 1.165) is 39.3 Å². The molecule has 0 radical (unpaired) electrons. The van der Waals surface area contributed by atoms with Crippen molar-refractivity contribution in [3.8, 4) is 11.1 Å². The number of rotatable bonds is 4. The molecule has 0 saturated heterocycles. The number of carbonyl (C=O) groups excluding carboxylic acids is 1. The van der Waals surface area contributed by atoms with Crippen LogP contribution in [0.3, 0.4) is 0 Å². The molecule has 0 unspecified atom stereocenters. The summed E-state index contributed by atoms with van der Waals surface area (Å²) in [7, 11) is 0. The van der Waals surface area contributed by atoms with Crippen molar-refractivity contribution >= 4 is 23.0 Å². The maximum atomic E-state index is 13.2. The van der Waals surface area contributed by atoms with Crippen LogP contribution in [0.1, 0.15) is 17.0 Å².